The predicted octanol–water partition coefficient (Wildman–Crippen LogP) is 3.97. The third-order valence-electron chi connectivity index (χ3n) is 5.03. The Balaban J connectivity index is 1.62. The van der Waals surface area contributed by atoms with Gasteiger partial charge < -0.3 is 9.32 Å². The maximum Gasteiger partial charge on any atom is 0.266 e. The summed E-state index contributed by atoms with van der Waals surface area (Å²) in [6.45, 7) is 4.00. The first-order valence-electron chi connectivity index (χ1n) is 9.26. The van der Waals surface area contributed by atoms with E-state index in [9.17, 15) is 14.4 Å². The quantitative estimate of drug-likeness (QED) is 0.634. The van der Waals surface area contributed by atoms with Crippen LogP contribution < -0.4 is 4.90 Å². The van der Waals surface area contributed by atoms with E-state index in [2.05, 4.69) is 0 Å². The van der Waals surface area contributed by atoms with E-state index in [1.165, 1.54) is 15.9 Å². The Kier molecular flexibility index (Phi) is 4.54. The zero-order valence-electron chi connectivity index (χ0n) is 16.4. The van der Waals surface area contributed by atoms with Crippen LogP contribution in [0.25, 0.3) is 0 Å². The van der Waals surface area contributed by atoms with Gasteiger partial charge in [-0.15, -0.1) is 0 Å². The monoisotopic (exact) mass is 388 g/mol. The van der Waals surface area contributed by atoms with Crippen LogP contribution in [0.15, 0.2) is 59.0 Å². The standard InChI is InChI=1S/C23H20N2O4/c1-14-6-4-5-7-20(14)25-22(27)18-11-9-16(12-19(18)23(25)28)21(26)24(3)13-17-10-8-15(2)29-17/h4-12H,13H2,1-3H3. The zero-order valence-corrected chi connectivity index (χ0v) is 16.4. The molecular formula is C23H20N2O4. The highest BCUT2D eigenvalue weighted by atomic mass is 16.3. The van der Waals surface area contributed by atoms with Crippen molar-refractivity contribution in [1.29, 1.82) is 0 Å². The normalized spacial score (nSPS) is 13.0. The van der Waals surface area contributed by atoms with Gasteiger partial charge in [0.1, 0.15) is 11.5 Å². The number of furan rings is 1. The van der Waals surface area contributed by atoms with Crippen molar-refractivity contribution in [1.82, 2.24) is 4.90 Å². The van der Waals surface area contributed by atoms with Gasteiger partial charge in [-0.1, -0.05) is 18.2 Å². The van der Waals surface area contributed by atoms with Crippen molar-refractivity contribution in [2.45, 2.75) is 20.4 Å². The molecule has 0 bridgehead atoms. The minimum Gasteiger partial charge on any atom is -0.464 e. The van der Waals surface area contributed by atoms with Gasteiger partial charge in [0.25, 0.3) is 17.7 Å². The Bertz CT molecular complexity index is 1150. The van der Waals surface area contributed by atoms with E-state index < -0.39 is 5.91 Å². The maximum atomic E-state index is 13.0. The van der Waals surface area contributed by atoms with Crippen molar-refractivity contribution in [3.8, 4) is 0 Å². The molecule has 0 radical (unpaired) electrons. The molecule has 0 unspecified atom stereocenters. The van der Waals surface area contributed by atoms with Gasteiger partial charge in [0, 0.05) is 12.6 Å². The summed E-state index contributed by atoms with van der Waals surface area (Å²) in [5.41, 5.74) is 2.27. The van der Waals surface area contributed by atoms with Crippen LogP contribution >= 0.6 is 0 Å². The summed E-state index contributed by atoms with van der Waals surface area (Å²) in [7, 11) is 1.67. The molecule has 0 N–H and O–H groups in total. The van der Waals surface area contributed by atoms with E-state index in [-0.39, 0.29) is 17.4 Å². The number of hydrogen-bond acceptors (Lipinski definition) is 4. The van der Waals surface area contributed by atoms with Crippen molar-refractivity contribution in [2.24, 2.45) is 0 Å². The number of para-hydroxylation sites is 1. The minimum atomic E-state index is -0.418. The van der Waals surface area contributed by atoms with Gasteiger partial charge in [0.15, 0.2) is 0 Å². The molecule has 6 nitrogen and oxygen atoms in total. The van der Waals surface area contributed by atoms with Gasteiger partial charge in [-0.2, -0.15) is 0 Å². The number of anilines is 1. The highest BCUT2D eigenvalue weighted by Gasteiger charge is 2.37. The average Bonchev–Trinajstić information content (AvgIpc) is 3.22. The van der Waals surface area contributed by atoms with Crippen molar-refractivity contribution in [2.75, 3.05) is 11.9 Å². The molecule has 2 heterocycles. The molecule has 6 heteroatoms. The van der Waals surface area contributed by atoms with Crippen LogP contribution in [0.4, 0.5) is 5.69 Å². The lowest BCUT2D eigenvalue weighted by Gasteiger charge is -2.16. The zero-order chi connectivity index (χ0) is 20.7. The molecule has 0 atom stereocenters. The summed E-state index contributed by atoms with van der Waals surface area (Å²) in [6.07, 6.45) is 0. The maximum absolute atomic E-state index is 13.0. The first-order chi connectivity index (χ1) is 13.9. The summed E-state index contributed by atoms with van der Waals surface area (Å²) in [5.74, 6) is 0.405. The van der Waals surface area contributed by atoms with E-state index in [1.54, 1.807) is 31.3 Å². The number of benzene rings is 2. The molecule has 0 fully saturated rings. The van der Waals surface area contributed by atoms with Gasteiger partial charge >= 0.3 is 0 Å². The SMILES string of the molecule is Cc1ccc(CN(C)C(=O)c2ccc3c(c2)C(=O)N(c2ccccc2C)C3=O)o1. The summed E-state index contributed by atoms with van der Waals surface area (Å²) in [6, 6.07) is 15.5. The van der Waals surface area contributed by atoms with Crippen molar-refractivity contribution in [3.05, 3.63) is 88.4 Å². The number of carbonyl (C=O) groups excluding carboxylic acids is 3. The van der Waals surface area contributed by atoms with Crippen molar-refractivity contribution >= 4 is 23.4 Å². The highest BCUT2D eigenvalue weighted by molar-refractivity contribution is 6.35. The second-order valence-corrected chi connectivity index (χ2v) is 7.17. The summed E-state index contributed by atoms with van der Waals surface area (Å²) >= 11 is 0. The molecule has 146 valence electrons. The number of imide groups is 1. The van der Waals surface area contributed by atoms with Crippen LogP contribution in [0.3, 0.4) is 0 Å². The number of carbonyl (C=O) groups is 3. The van der Waals surface area contributed by atoms with E-state index in [4.69, 9.17) is 4.42 Å². The molecule has 3 amide bonds. The average molecular weight is 388 g/mol. The van der Waals surface area contributed by atoms with E-state index in [0.29, 0.717) is 29.1 Å². The molecule has 0 spiro atoms. The topological polar surface area (TPSA) is 70.8 Å². The van der Waals surface area contributed by atoms with Crippen molar-refractivity contribution < 1.29 is 18.8 Å². The second-order valence-electron chi connectivity index (χ2n) is 7.17. The van der Waals surface area contributed by atoms with E-state index >= 15 is 0 Å². The van der Waals surface area contributed by atoms with Crippen LogP contribution in [0.1, 0.15) is 48.2 Å². The lowest BCUT2D eigenvalue weighted by Crippen LogP contribution is -2.30. The molecule has 0 saturated carbocycles. The third-order valence-corrected chi connectivity index (χ3v) is 5.03. The van der Waals surface area contributed by atoms with Gasteiger partial charge in [-0.25, -0.2) is 4.90 Å². The second kappa shape index (κ2) is 7.05. The Morgan fingerprint density at radius 2 is 1.69 bits per heavy atom. The van der Waals surface area contributed by atoms with Crippen LogP contribution in [0.5, 0.6) is 0 Å². The molecule has 4 rings (SSSR count). The van der Waals surface area contributed by atoms with Crippen LogP contribution in [0.2, 0.25) is 0 Å². The summed E-state index contributed by atoms with van der Waals surface area (Å²) in [5, 5.41) is 0. The Morgan fingerprint density at radius 1 is 0.966 bits per heavy atom. The van der Waals surface area contributed by atoms with Crippen LogP contribution in [-0.4, -0.2) is 29.7 Å². The molecule has 1 aromatic heterocycles. The van der Waals surface area contributed by atoms with E-state index in [0.717, 1.165) is 11.3 Å². The minimum absolute atomic E-state index is 0.242. The smallest absolute Gasteiger partial charge is 0.266 e. The fourth-order valence-corrected chi connectivity index (χ4v) is 3.50. The molecule has 0 aliphatic carbocycles. The number of aryl methyl sites for hydroxylation is 2. The Hall–Kier alpha value is -3.67. The van der Waals surface area contributed by atoms with Crippen molar-refractivity contribution in [3.63, 3.8) is 0 Å². The van der Waals surface area contributed by atoms with Gasteiger partial charge in [-0.05, 0) is 55.8 Å². The first kappa shape index (κ1) is 18.7. The highest BCUT2D eigenvalue weighted by Crippen LogP contribution is 2.31. The fraction of sp³-hybridized carbons (Fsp3) is 0.174. The Labute approximate surface area is 168 Å². The molecule has 1 aliphatic heterocycles. The lowest BCUT2D eigenvalue weighted by molar-refractivity contribution is 0.0774. The molecular weight excluding hydrogens is 368 g/mol. The first-order valence-corrected chi connectivity index (χ1v) is 9.26. The molecule has 29 heavy (non-hydrogen) atoms. The lowest BCUT2D eigenvalue weighted by atomic mass is 10.0. The number of hydrogen-bond donors (Lipinski definition) is 0. The number of fused-ring (bicyclic) bond motifs is 1. The van der Waals surface area contributed by atoms with Gasteiger partial charge in [-0.3, -0.25) is 14.4 Å². The molecule has 2 aromatic carbocycles. The molecule has 0 saturated heterocycles. The molecule has 3 aromatic rings. The number of nitrogens with zero attached hydrogens (tertiary/aromatic N) is 2. The van der Waals surface area contributed by atoms with E-state index in [1.807, 2.05) is 38.1 Å². The Morgan fingerprint density at radius 3 is 2.38 bits per heavy atom. The summed E-state index contributed by atoms with van der Waals surface area (Å²) < 4.78 is 5.52. The number of rotatable bonds is 4. The van der Waals surface area contributed by atoms with Crippen LogP contribution in [-0.2, 0) is 6.54 Å². The van der Waals surface area contributed by atoms with Gasteiger partial charge in [0.05, 0.1) is 23.4 Å². The fourth-order valence-electron chi connectivity index (χ4n) is 3.50. The molecule has 1 aliphatic rings. The number of amides is 3. The van der Waals surface area contributed by atoms with Gasteiger partial charge in [0.2, 0.25) is 0 Å². The largest absolute Gasteiger partial charge is 0.464 e. The third kappa shape index (κ3) is 3.23. The van der Waals surface area contributed by atoms with Crippen LogP contribution in [0, 0.1) is 13.8 Å². The summed E-state index contributed by atoms with van der Waals surface area (Å²) in [4.78, 5) is 41.3. The predicted molar refractivity (Wildman–Crippen MR) is 108 cm³/mol.